The average molecular weight is 499 g/mol. The van der Waals surface area contributed by atoms with Gasteiger partial charge in [0.05, 0.1) is 20.3 Å². The van der Waals surface area contributed by atoms with Crippen LogP contribution in [-0.2, 0) is 6.42 Å². The van der Waals surface area contributed by atoms with E-state index in [1.165, 1.54) is 5.56 Å². The summed E-state index contributed by atoms with van der Waals surface area (Å²) in [7, 11) is 3.37. The first-order valence-corrected chi connectivity index (χ1v) is 9.21. The first kappa shape index (κ1) is 23.9. The van der Waals surface area contributed by atoms with E-state index >= 15 is 0 Å². The summed E-state index contributed by atoms with van der Waals surface area (Å²) in [5.41, 5.74) is 2.04. The lowest BCUT2D eigenvalue weighted by molar-refractivity contribution is 0.311. The Labute approximate surface area is 184 Å². The number of halogens is 1. The number of methoxy groups -OCH3 is 1. The molecule has 0 saturated heterocycles. The molecule has 0 fully saturated rings. The molecule has 0 amide bonds. The fourth-order valence-corrected chi connectivity index (χ4v) is 2.66. The molecule has 154 valence electrons. The number of benzene rings is 2. The molecule has 0 radical (unpaired) electrons. The molecular weight excluding hydrogens is 469 g/mol. The molecule has 2 aromatic rings. The largest absolute Gasteiger partial charge is 0.494 e. The Morgan fingerprint density at radius 3 is 2.36 bits per heavy atom. The van der Waals surface area contributed by atoms with E-state index in [1.807, 2.05) is 50.2 Å². The number of para-hydroxylation sites is 1. The van der Waals surface area contributed by atoms with Crippen molar-refractivity contribution in [1.82, 2.24) is 5.32 Å². The van der Waals surface area contributed by atoms with E-state index in [1.54, 1.807) is 14.2 Å². The highest BCUT2D eigenvalue weighted by molar-refractivity contribution is 14.0. The van der Waals surface area contributed by atoms with Gasteiger partial charge in [-0.15, -0.1) is 24.0 Å². The molecule has 0 aliphatic rings. The quantitative estimate of drug-likeness (QED) is 0.306. The molecule has 2 rings (SSSR count). The fourth-order valence-electron chi connectivity index (χ4n) is 2.66. The van der Waals surface area contributed by atoms with Crippen LogP contribution < -0.4 is 24.8 Å². The van der Waals surface area contributed by atoms with Crippen LogP contribution in [0.1, 0.15) is 19.4 Å². The van der Waals surface area contributed by atoms with E-state index < -0.39 is 0 Å². The van der Waals surface area contributed by atoms with Gasteiger partial charge >= 0.3 is 0 Å². The molecule has 0 saturated carbocycles. The van der Waals surface area contributed by atoms with Gasteiger partial charge in [0.25, 0.3) is 0 Å². The van der Waals surface area contributed by atoms with Crippen LogP contribution in [-0.4, -0.2) is 39.9 Å². The van der Waals surface area contributed by atoms with Gasteiger partial charge < -0.3 is 24.8 Å². The van der Waals surface area contributed by atoms with E-state index in [4.69, 9.17) is 14.2 Å². The maximum atomic E-state index is 5.67. The molecule has 0 aromatic heterocycles. The predicted molar refractivity (Wildman–Crippen MR) is 126 cm³/mol. The topological polar surface area (TPSA) is 64.1 Å². The lowest BCUT2D eigenvalue weighted by atomic mass is 10.1. The zero-order valence-electron chi connectivity index (χ0n) is 17.0. The van der Waals surface area contributed by atoms with Crippen molar-refractivity contribution in [1.29, 1.82) is 0 Å². The van der Waals surface area contributed by atoms with Crippen LogP contribution in [0.4, 0.5) is 5.69 Å². The minimum atomic E-state index is 0. The number of rotatable bonds is 9. The van der Waals surface area contributed by atoms with Crippen LogP contribution in [0.5, 0.6) is 17.2 Å². The highest BCUT2D eigenvalue weighted by Crippen LogP contribution is 2.30. The van der Waals surface area contributed by atoms with Crippen LogP contribution in [0.3, 0.4) is 0 Å². The Kier molecular flexibility index (Phi) is 11.2. The number of hydrogen-bond acceptors (Lipinski definition) is 4. The van der Waals surface area contributed by atoms with E-state index in [0.717, 1.165) is 30.2 Å². The van der Waals surface area contributed by atoms with Gasteiger partial charge in [0.15, 0.2) is 17.5 Å². The van der Waals surface area contributed by atoms with Gasteiger partial charge in [0.2, 0.25) is 0 Å². The van der Waals surface area contributed by atoms with Gasteiger partial charge in [-0.25, -0.2) is 0 Å². The first-order valence-electron chi connectivity index (χ1n) is 9.21. The van der Waals surface area contributed by atoms with Gasteiger partial charge in [-0.05, 0) is 44.0 Å². The highest BCUT2D eigenvalue weighted by atomic mass is 127. The highest BCUT2D eigenvalue weighted by Gasteiger charge is 2.07. The summed E-state index contributed by atoms with van der Waals surface area (Å²) in [5, 5.41) is 6.60. The van der Waals surface area contributed by atoms with Crippen molar-refractivity contribution in [3.63, 3.8) is 0 Å². The smallest absolute Gasteiger partial charge is 0.195 e. The van der Waals surface area contributed by atoms with Crippen LogP contribution in [0.25, 0.3) is 0 Å². The summed E-state index contributed by atoms with van der Waals surface area (Å²) in [6, 6.07) is 13.8. The summed E-state index contributed by atoms with van der Waals surface area (Å²) in [6.07, 6.45) is 0.837. The van der Waals surface area contributed by atoms with E-state index in [0.29, 0.717) is 24.9 Å². The molecular formula is C21H30IN3O3. The van der Waals surface area contributed by atoms with Gasteiger partial charge in [-0.2, -0.15) is 0 Å². The van der Waals surface area contributed by atoms with Gasteiger partial charge in [-0.3, -0.25) is 4.99 Å². The maximum absolute atomic E-state index is 5.67. The zero-order valence-corrected chi connectivity index (χ0v) is 19.3. The Morgan fingerprint density at radius 1 is 0.964 bits per heavy atom. The average Bonchev–Trinajstić information content (AvgIpc) is 2.69. The minimum absolute atomic E-state index is 0. The monoisotopic (exact) mass is 499 g/mol. The van der Waals surface area contributed by atoms with Crippen LogP contribution in [0, 0.1) is 0 Å². The summed E-state index contributed by atoms with van der Waals surface area (Å²) in [6.45, 7) is 5.92. The summed E-state index contributed by atoms with van der Waals surface area (Å²) < 4.78 is 16.6. The van der Waals surface area contributed by atoms with Crippen molar-refractivity contribution < 1.29 is 14.2 Å². The number of hydrogen-bond donors (Lipinski definition) is 2. The van der Waals surface area contributed by atoms with Crippen LogP contribution >= 0.6 is 24.0 Å². The van der Waals surface area contributed by atoms with Crippen LogP contribution in [0.2, 0.25) is 0 Å². The predicted octanol–water partition coefficient (Wildman–Crippen LogP) is 4.34. The number of guanidine groups is 1. The minimum Gasteiger partial charge on any atom is -0.494 e. The van der Waals surface area contributed by atoms with Gasteiger partial charge in [0.1, 0.15) is 5.75 Å². The summed E-state index contributed by atoms with van der Waals surface area (Å²) >= 11 is 0. The maximum Gasteiger partial charge on any atom is 0.195 e. The number of ether oxygens (including phenoxy) is 3. The zero-order chi connectivity index (χ0) is 19.5. The van der Waals surface area contributed by atoms with E-state index in [2.05, 4.69) is 21.7 Å². The fraction of sp³-hybridized carbons (Fsp3) is 0.381. The van der Waals surface area contributed by atoms with E-state index in [-0.39, 0.29) is 24.0 Å². The summed E-state index contributed by atoms with van der Waals surface area (Å²) in [4.78, 5) is 4.28. The molecule has 0 heterocycles. The second-order valence-corrected chi connectivity index (χ2v) is 5.71. The SMILES string of the molecule is CCOc1ccccc1CCNC(=NC)Nc1ccc(OCC)c(OC)c1.I. The standard InChI is InChI=1S/C21H29N3O3.HI/c1-5-26-18-10-8-7-9-16(18)13-14-23-21(22-3)24-17-11-12-19(27-6-2)20(15-17)25-4;/h7-12,15H,5-6,13-14H2,1-4H3,(H2,22,23,24);1H. The molecule has 7 heteroatoms. The third-order valence-electron chi connectivity index (χ3n) is 3.91. The number of anilines is 1. The Hall–Kier alpha value is -2.16. The second-order valence-electron chi connectivity index (χ2n) is 5.71. The lowest BCUT2D eigenvalue weighted by Crippen LogP contribution is -2.32. The number of nitrogens with zero attached hydrogens (tertiary/aromatic N) is 1. The van der Waals surface area contributed by atoms with Crippen molar-refractivity contribution >= 4 is 35.6 Å². The van der Waals surface area contributed by atoms with Gasteiger partial charge in [-0.1, -0.05) is 18.2 Å². The van der Waals surface area contributed by atoms with Crippen molar-refractivity contribution in [3.05, 3.63) is 48.0 Å². The van der Waals surface area contributed by atoms with Crippen molar-refractivity contribution in [2.45, 2.75) is 20.3 Å². The molecule has 0 atom stereocenters. The Bertz CT molecular complexity index is 753. The van der Waals surface area contributed by atoms with Crippen LogP contribution in [0.15, 0.2) is 47.5 Å². The third-order valence-corrected chi connectivity index (χ3v) is 3.91. The number of aliphatic imine (C=N–C) groups is 1. The lowest BCUT2D eigenvalue weighted by Gasteiger charge is -2.15. The Morgan fingerprint density at radius 2 is 1.68 bits per heavy atom. The van der Waals surface area contributed by atoms with E-state index in [9.17, 15) is 0 Å². The molecule has 0 aliphatic heterocycles. The first-order chi connectivity index (χ1) is 13.2. The molecule has 0 unspecified atom stereocenters. The van der Waals surface area contributed by atoms with Crippen molar-refractivity contribution in [2.75, 3.05) is 39.2 Å². The Balaban J connectivity index is 0.00000392. The molecule has 0 bridgehead atoms. The molecule has 2 aromatic carbocycles. The summed E-state index contributed by atoms with van der Waals surface area (Å²) in [5.74, 6) is 3.03. The van der Waals surface area contributed by atoms with Crippen molar-refractivity contribution in [3.8, 4) is 17.2 Å². The van der Waals surface area contributed by atoms with Crippen molar-refractivity contribution in [2.24, 2.45) is 4.99 Å². The normalized spacial score (nSPS) is 10.6. The van der Waals surface area contributed by atoms with Gasteiger partial charge in [0, 0.05) is 25.3 Å². The number of nitrogens with one attached hydrogen (secondary N) is 2. The molecule has 0 aliphatic carbocycles. The molecule has 0 spiro atoms. The molecule has 6 nitrogen and oxygen atoms in total. The third kappa shape index (κ3) is 7.10. The second kappa shape index (κ2) is 13.1. The molecule has 28 heavy (non-hydrogen) atoms. The molecule has 2 N–H and O–H groups in total.